The molecule has 0 bridgehead atoms. The molecule has 146 valence electrons. The molecule has 0 saturated carbocycles. The number of imide groups is 1. The number of amides is 3. The average Bonchev–Trinajstić information content (AvgIpc) is 2.93. The Morgan fingerprint density at radius 1 is 1.04 bits per heavy atom. The van der Waals surface area contributed by atoms with Gasteiger partial charge in [-0.15, -0.1) is 0 Å². The van der Waals surface area contributed by atoms with E-state index in [2.05, 4.69) is 43.4 Å². The minimum absolute atomic E-state index is 0.122. The number of benzene rings is 2. The van der Waals surface area contributed by atoms with Gasteiger partial charge >= 0.3 is 6.03 Å². The first kappa shape index (κ1) is 18.7. The molecule has 2 heterocycles. The van der Waals surface area contributed by atoms with Crippen LogP contribution in [0.15, 0.2) is 54.6 Å². The minimum atomic E-state index is -0.959. The molecule has 28 heavy (non-hydrogen) atoms. The Morgan fingerprint density at radius 2 is 1.71 bits per heavy atom. The second-order valence-electron chi connectivity index (χ2n) is 8.39. The fourth-order valence-electron chi connectivity index (χ4n) is 4.56. The molecule has 2 atom stereocenters. The molecular weight excluding hydrogens is 350 g/mol. The Balaban J connectivity index is 1.58. The number of rotatable bonds is 5. The monoisotopic (exact) mass is 378 g/mol. The van der Waals surface area contributed by atoms with Crippen molar-refractivity contribution in [3.8, 4) is 0 Å². The Hall–Kier alpha value is -2.66. The molecule has 2 aliphatic heterocycles. The molecule has 2 aliphatic rings. The van der Waals surface area contributed by atoms with E-state index in [1.165, 1.54) is 20.9 Å². The zero-order valence-corrected chi connectivity index (χ0v) is 16.6. The zero-order chi connectivity index (χ0) is 19.7. The number of hydrogen-bond donors (Lipinski definition) is 2. The number of urea groups is 1. The summed E-state index contributed by atoms with van der Waals surface area (Å²) in [6.45, 7) is 6.34. The van der Waals surface area contributed by atoms with Gasteiger partial charge in [0.2, 0.25) is 0 Å². The minimum Gasteiger partial charge on any atom is -0.319 e. The van der Waals surface area contributed by atoms with Gasteiger partial charge in [0.1, 0.15) is 12.1 Å². The van der Waals surface area contributed by atoms with Crippen molar-refractivity contribution in [2.75, 3.05) is 13.2 Å². The predicted octanol–water partition coefficient (Wildman–Crippen LogP) is 2.08. The quantitative estimate of drug-likeness (QED) is 0.783. The van der Waals surface area contributed by atoms with Gasteiger partial charge < -0.3 is 10.2 Å². The van der Waals surface area contributed by atoms with Crippen molar-refractivity contribution >= 4 is 11.9 Å². The van der Waals surface area contributed by atoms with Crippen LogP contribution in [-0.4, -0.2) is 30.1 Å². The molecule has 1 fully saturated rings. The van der Waals surface area contributed by atoms with Crippen LogP contribution in [-0.2, 0) is 23.3 Å². The van der Waals surface area contributed by atoms with E-state index in [9.17, 15) is 9.59 Å². The average molecular weight is 378 g/mol. The molecule has 2 N–H and O–H groups in total. The van der Waals surface area contributed by atoms with Gasteiger partial charge in [0.05, 0.1) is 6.54 Å². The molecule has 5 heteroatoms. The highest BCUT2D eigenvalue weighted by Crippen LogP contribution is 2.34. The third kappa shape index (κ3) is 3.31. The summed E-state index contributed by atoms with van der Waals surface area (Å²) in [4.78, 5) is 29.1. The summed E-state index contributed by atoms with van der Waals surface area (Å²) in [5.74, 6) is 0.155. The number of quaternary nitrogens is 1. The fraction of sp³-hybridized carbons (Fsp3) is 0.391. The molecule has 1 unspecified atom stereocenters. The van der Waals surface area contributed by atoms with E-state index in [1.54, 1.807) is 0 Å². The van der Waals surface area contributed by atoms with Gasteiger partial charge in [-0.1, -0.05) is 68.4 Å². The predicted molar refractivity (Wildman–Crippen MR) is 107 cm³/mol. The van der Waals surface area contributed by atoms with Gasteiger partial charge in [-0.25, -0.2) is 9.69 Å². The maximum Gasteiger partial charge on any atom is 0.329 e. The number of carbonyl (C=O) groups excluding carboxylic acids is 2. The van der Waals surface area contributed by atoms with Crippen LogP contribution in [0, 0.1) is 5.92 Å². The lowest BCUT2D eigenvalue weighted by Gasteiger charge is -2.30. The van der Waals surface area contributed by atoms with Crippen molar-refractivity contribution in [3.63, 3.8) is 0 Å². The largest absolute Gasteiger partial charge is 0.329 e. The number of hydrogen-bond acceptors (Lipinski definition) is 2. The lowest BCUT2D eigenvalue weighted by atomic mass is 9.82. The first-order valence-corrected chi connectivity index (χ1v) is 10.1. The first-order chi connectivity index (χ1) is 13.5. The van der Waals surface area contributed by atoms with Crippen molar-refractivity contribution in [2.24, 2.45) is 5.92 Å². The Morgan fingerprint density at radius 3 is 2.43 bits per heavy atom. The van der Waals surface area contributed by atoms with Crippen molar-refractivity contribution in [2.45, 2.75) is 38.8 Å². The van der Waals surface area contributed by atoms with Crippen molar-refractivity contribution in [1.29, 1.82) is 0 Å². The Kier molecular flexibility index (Phi) is 4.94. The van der Waals surface area contributed by atoms with Crippen molar-refractivity contribution < 1.29 is 14.5 Å². The van der Waals surface area contributed by atoms with Gasteiger partial charge in [-0.05, 0) is 23.5 Å². The maximum atomic E-state index is 13.5. The van der Waals surface area contributed by atoms with E-state index in [4.69, 9.17) is 0 Å². The molecule has 0 radical (unpaired) electrons. The third-order valence-corrected chi connectivity index (χ3v) is 5.85. The van der Waals surface area contributed by atoms with Crippen LogP contribution in [0.1, 0.15) is 37.0 Å². The van der Waals surface area contributed by atoms with Gasteiger partial charge in [0.15, 0.2) is 6.67 Å². The van der Waals surface area contributed by atoms with Crippen molar-refractivity contribution in [3.05, 3.63) is 71.3 Å². The maximum absolute atomic E-state index is 13.5. The second kappa shape index (κ2) is 7.40. The third-order valence-electron chi connectivity index (χ3n) is 5.85. The molecular formula is C23H28N3O2+. The molecule has 2 aromatic carbocycles. The molecule has 4 rings (SSSR count). The Labute approximate surface area is 166 Å². The number of nitrogens with zero attached hydrogens (tertiary/aromatic N) is 1. The molecule has 0 spiro atoms. The van der Waals surface area contributed by atoms with Crippen LogP contribution in [0.5, 0.6) is 0 Å². The summed E-state index contributed by atoms with van der Waals surface area (Å²) in [5, 5.41) is 3.05. The molecule has 5 nitrogen and oxygen atoms in total. The van der Waals surface area contributed by atoms with Crippen LogP contribution in [0.2, 0.25) is 0 Å². The van der Waals surface area contributed by atoms with Crippen LogP contribution in [0.3, 0.4) is 0 Å². The van der Waals surface area contributed by atoms with Crippen molar-refractivity contribution in [1.82, 2.24) is 10.2 Å². The van der Waals surface area contributed by atoms with Crippen LogP contribution in [0.4, 0.5) is 4.79 Å². The summed E-state index contributed by atoms with van der Waals surface area (Å²) in [6.07, 6.45) is 1.57. The number of carbonyl (C=O) groups is 2. The lowest BCUT2D eigenvalue weighted by molar-refractivity contribution is -0.923. The molecule has 3 amide bonds. The highest BCUT2D eigenvalue weighted by Gasteiger charge is 2.53. The number of fused-ring (bicyclic) bond motifs is 1. The summed E-state index contributed by atoms with van der Waals surface area (Å²) < 4.78 is 0. The van der Waals surface area contributed by atoms with E-state index in [1.807, 2.05) is 30.3 Å². The van der Waals surface area contributed by atoms with Crippen LogP contribution in [0.25, 0.3) is 0 Å². The summed E-state index contributed by atoms with van der Waals surface area (Å²) in [6, 6.07) is 17.8. The summed E-state index contributed by atoms with van der Waals surface area (Å²) in [7, 11) is 0. The standard InChI is InChI=1S/C23H27N3O2/c1-17(2)14-23(20-10-4-3-5-11-20)21(27)26(22(28)24-23)16-25-13-12-18-8-6-7-9-19(18)15-25/h3-11,17H,12-16H2,1-2H3,(H,24,28)/p+1/t23-/m1/s1. The van der Waals surface area contributed by atoms with Gasteiger partial charge in [0.25, 0.3) is 5.91 Å². The van der Waals surface area contributed by atoms with E-state index < -0.39 is 5.54 Å². The van der Waals surface area contributed by atoms with Crippen LogP contribution < -0.4 is 10.2 Å². The second-order valence-corrected chi connectivity index (χ2v) is 8.39. The number of nitrogens with one attached hydrogen (secondary N) is 2. The summed E-state index contributed by atoms with van der Waals surface area (Å²) >= 11 is 0. The lowest BCUT2D eigenvalue weighted by Crippen LogP contribution is -3.13. The van der Waals surface area contributed by atoms with E-state index in [-0.39, 0.29) is 17.9 Å². The zero-order valence-electron chi connectivity index (χ0n) is 16.6. The first-order valence-electron chi connectivity index (χ1n) is 10.1. The molecule has 0 aliphatic carbocycles. The normalized spacial score (nSPS) is 24.4. The van der Waals surface area contributed by atoms with Gasteiger partial charge in [-0.2, -0.15) is 0 Å². The van der Waals surface area contributed by atoms with E-state index in [0.29, 0.717) is 13.1 Å². The van der Waals surface area contributed by atoms with E-state index >= 15 is 0 Å². The highest BCUT2D eigenvalue weighted by molar-refractivity contribution is 6.07. The van der Waals surface area contributed by atoms with E-state index in [0.717, 1.165) is 25.1 Å². The van der Waals surface area contributed by atoms with Gasteiger partial charge in [-0.3, -0.25) is 4.79 Å². The fourth-order valence-corrected chi connectivity index (χ4v) is 4.56. The smallest absolute Gasteiger partial charge is 0.319 e. The SMILES string of the molecule is CC(C)C[C@]1(c2ccccc2)NC(=O)N(C[NH+]2CCc3ccccc3C2)C1=O. The highest BCUT2D eigenvalue weighted by atomic mass is 16.2. The molecule has 0 aromatic heterocycles. The molecule has 1 saturated heterocycles. The topological polar surface area (TPSA) is 53.9 Å². The Bertz CT molecular complexity index is 880. The molecule has 2 aromatic rings. The summed E-state index contributed by atoms with van der Waals surface area (Å²) in [5.41, 5.74) is 2.59. The van der Waals surface area contributed by atoms with Gasteiger partial charge in [0, 0.05) is 12.0 Å². The van der Waals surface area contributed by atoms with Crippen LogP contribution >= 0.6 is 0 Å².